The summed E-state index contributed by atoms with van der Waals surface area (Å²) in [4.78, 5) is 12.8. The van der Waals surface area contributed by atoms with E-state index < -0.39 is 0 Å². The van der Waals surface area contributed by atoms with Gasteiger partial charge in [0.1, 0.15) is 0 Å². The largest absolute Gasteiger partial charge is 0.312 e. The Morgan fingerprint density at radius 2 is 2.17 bits per heavy atom. The van der Waals surface area contributed by atoms with Gasteiger partial charge < -0.3 is 4.90 Å². The fourth-order valence-corrected chi connectivity index (χ4v) is 1.43. The van der Waals surface area contributed by atoms with Crippen molar-refractivity contribution < 1.29 is 4.79 Å². The third kappa shape index (κ3) is 1.33. The van der Waals surface area contributed by atoms with E-state index in [1.807, 2.05) is 0 Å². The van der Waals surface area contributed by atoms with Gasteiger partial charge in [0, 0.05) is 19.2 Å². The first-order valence-electron chi connectivity index (χ1n) is 3.96. The smallest absolute Gasteiger partial charge is 0.223 e. The highest BCUT2D eigenvalue weighted by Gasteiger charge is 2.20. The van der Waals surface area contributed by atoms with Crippen LogP contribution in [-0.2, 0) is 4.79 Å². The lowest BCUT2D eigenvalue weighted by Gasteiger charge is -2.15. The zero-order valence-corrected chi connectivity index (χ0v) is 7.34. The second-order valence-electron chi connectivity index (χ2n) is 2.74. The van der Waals surface area contributed by atoms with Crippen molar-refractivity contribution in [3.8, 4) is 0 Å². The maximum Gasteiger partial charge on any atom is 0.223 e. The molecule has 1 aliphatic rings. The van der Waals surface area contributed by atoms with Crippen LogP contribution >= 0.6 is 0 Å². The molecule has 1 rings (SSSR count). The Hall–Kier alpha value is -1.31. The number of allylic oxidation sites excluding steroid dienone is 2. The highest BCUT2D eigenvalue weighted by Crippen LogP contribution is 2.23. The Morgan fingerprint density at radius 1 is 1.50 bits per heavy atom. The van der Waals surface area contributed by atoms with E-state index in [-0.39, 0.29) is 5.91 Å². The molecule has 1 aliphatic heterocycles. The van der Waals surface area contributed by atoms with Crippen molar-refractivity contribution >= 4 is 5.91 Å². The van der Waals surface area contributed by atoms with E-state index in [1.54, 1.807) is 24.0 Å². The molecule has 64 valence electrons. The molecular weight excluding hydrogens is 150 g/mol. The minimum atomic E-state index is 0.0711. The van der Waals surface area contributed by atoms with Crippen molar-refractivity contribution in [2.75, 3.05) is 6.54 Å². The van der Waals surface area contributed by atoms with Crippen molar-refractivity contribution in [2.45, 2.75) is 13.3 Å². The number of nitrogens with zero attached hydrogens (tertiary/aromatic N) is 1. The summed E-state index contributed by atoms with van der Waals surface area (Å²) in [7, 11) is 0. The monoisotopic (exact) mass is 163 g/mol. The highest BCUT2D eigenvalue weighted by atomic mass is 16.2. The summed E-state index contributed by atoms with van der Waals surface area (Å²) in [6.45, 7) is 9.69. The van der Waals surface area contributed by atoms with E-state index in [1.165, 1.54) is 0 Å². The molecule has 0 aromatic heterocycles. The number of rotatable bonds is 2. The predicted molar refractivity (Wildman–Crippen MR) is 49.4 cm³/mol. The molecule has 0 spiro atoms. The van der Waals surface area contributed by atoms with Crippen LogP contribution in [0.25, 0.3) is 0 Å². The van der Waals surface area contributed by atoms with Crippen LogP contribution in [0.3, 0.4) is 0 Å². The van der Waals surface area contributed by atoms with Crippen LogP contribution in [0, 0.1) is 0 Å². The number of carbonyl (C=O) groups is 1. The molecule has 0 aliphatic carbocycles. The summed E-state index contributed by atoms with van der Waals surface area (Å²) in [6, 6.07) is 0. The maximum atomic E-state index is 11.1. The second-order valence-corrected chi connectivity index (χ2v) is 2.74. The Kier molecular flexibility index (Phi) is 2.48. The number of amides is 1. The van der Waals surface area contributed by atoms with Gasteiger partial charge in [0.25, 0.3) is 0 Å². The van der Waals surface area contributed by atoms with Crippen molar-refractivity contribution in [1.82, 2.24) is 4.90 Å². The lowest BCUT2D eigenvalue weighted by molar-refractivity contribution is -0.126. The van der Waals surface area contributed by atoms with Crippen LogP contribution in [0.2, 0.25) is 0 Å². The molecule has 0 saturated heterocycles. The van der Waals surface area contributed by atoms with E-state index in [4.69, 9.17) is 0 Å². The minimum Gasteiger partial charge on any atom is -0.312 e. The zero-order valence-electron chi connectivity index (χ0n) is 7.34. The van der Waals surface area contributed by atoms with E-state index >= 15 is 0 Å². The molecule has 12 heavy (non-hydrogen) atoms. The van der Waals surface area contributed by atoms with Crippen LogP contribution in [-0.4, -0.2) is 17.4 Å². The molecule has 1 heterocycles. The first-order valence-corrected chi connectivity index (χ1v) is 3.96. The quantitative estimate of drug-likeness (QED) is 0.608. The zero-order chi connectivity index (χ0) is 9.14. The minimum absolute atomic E-state index is 0.0711. The first-order chi connectivity index (χ1) is 5.70. The fourth-order valence-electron chi connectivity index (χ4n) is 1.43. The summed E-state index contributed by atoms with van der Waals surface area (Å²) in [5.74, 6) is 0.0711. The normalized spacial score (nSPS) is 16.6. The lowest BCUT2D eigenvalue weighted by atomic mass is 10.2. The molecule has 0 N–H and O–H groups in total. The lowest BCUT2D eigenvalue weighted by Crippen LogP contribution is -2.24. The Morgan fingerprint density at radius 3 is 2.58 bits per heavy atom. The topological polar surface area (TPSA) is 20.3 Å². The van der Waals surface area contributed by atoms with Gasteiger partial charge in [0.15, 0.2) is 0 Å². The average Bonchev–Trinajstić information content (AvgIpc) is 2.46. The third-order valence-electron chi connectivity index (χ3n) is 2.04. The summed E-state index contributed by atoms with van der Waals surface area (Å²) in [5.41, 5.74) is 2.03. The SMILES string of the molecule is C=CC1=C(C=C)N(C(C)=O)CC1. The Labute approximate surface area is 72.9 Å². The summed E-state index contributed by atoms with van der Waals surface area (Å²) < 4.78 is 0. The maximum absolute atomic E-state index is 11.1. The molecule has 2 nitrogen and oxygen atoms in total. The second kappa shape index (κ2) is 3.39. The van der Waals surface area contributed by atoms with E-state index in [9.17, 15) is 4.79 Å². The van der Waals surface area contributed by atoms with Crippen LogP contribution < -0.4 is 0 Å². The number of carbonyl (C=O) groups excluding carboxylic acids is 1. The van der Waals surface area contributed by atoms with E-state index in [0.717, 1.165) is 24.2 Å². The first kappa shape index (κ1) is 8.78. The van der Waals surface area contributed by atoms with Gasteiger partial charge >= 0.3 is 0 Å². The van der Waals surface area contributed by atoms with Crippen LogP contribution in [0.4, 0.5) is 0 Å². The van der Waals surface area contributed by atoms with E-state index in [0.29, 0.717) is 0 Å². The summed E-state index contributed by atoms with van der Waals surface area (Å²) in [5, 5.41) is 0. The summed E-state index contributed by atoms with van der Waals surface area (Å²) in [6.07, 6.45) is 4.40. The molecule has 2 heteroatoms. The molecule has 0 aromatic carbocycles. The van der Waals surface area contributed by atoms with Crippen LogP contribution in [0.1, 0.15) is 13.3 Å². The highest BCUT2D eigenvalue weighted by molar-refractivity contribution is 5.77. The van der Waals surface area contributed by atoms with Gasteiger partial charge in [-0.3, -0.25) is 4.79 Å². The molecular formula is C10H13NO. The average molecular weight is 163 g/mol. The van der Waals surface area contributed by atoms with Crippen molar-refractivity contribution in [2.24, 2.45) is 0 Å². The molecule has 0 saturated carbocycles. The molecule has 0 unspecified atom stereocenters. The third-order valence-corrected chi connectivity index (χ3v) is 2.04. The van der Waals surface area contributed by atoms with Gasteiger partial charge in [-0.1, -0.05) is 19.2 Å². The van der Waals surface area contributed by atoms with Gasteiger partial charge in [-0.2, -0.15) is 0 Å². The van der Waals surface area contributed by atoms with Gasteiger partial charge in [0.05, 0.1) is 0 Å². The standard InChI is InChI=1S/C10H13NO/c1-4-9-6-7-11(8(3)12)10(9)5-2/h4-5H,1-2,6-7H2,3H3. The molecule has 0 radical (unpaired) electrons. The molecule has 0 bridgehead atoms. The molecule has 0 fully saturated rings. The predicted octanol–water partition coefficient (Wildman–Crippen LogP) is 1.86. The van der Waals surface area contributed by atoms with Crippen molar-refractivity contribution in [3.05, 3.63) is 36.6 Å². The number of hydrogen-bond donors (Lipinski definition) is 0. The molecule has 1 amide bonds. The van der Waals surface area contributed by atoms with Gasteiger partial charge in [-0.25, -0.2) is 0 Å². The van der Waals surface area contributed by atoms with Gasteiger partial charge in [-0.15, -0.1) is 0 Å². The van der Waals surface area contributed by atoms with E-state index in [2.05, 4.69) is 13.2 Å². The number of hydrogen-bond acceptors (Lipinski definition) is 1. The van der Waals surface area contributed by atoms with Gasteiger partial charge in [0.2, 0.25) is 5.91 Å². The van der Waals surface area contributed by atoms with Crippen molar-refractivity contribution in [3.63, 3.8) is 0 Å². The van der Waals surface area contributed by atoms with Crippen molar-refractivity contribution in [1.29, 1.82) is 0 Å². The fraction of sp³-hybridized carbons (Fsp3) is 0.300. The molecule has 0 atom stereocenters. The summed E-state index contributed by atoms with van der Waals surface area (Å²) >= 11 is 0. The Bertz CT molecular complexity index is 263. The molecule has 0 aromatic rings. The van der Waals surface area contributed by atoms with Gasteiger partial charge in [-0.05, 0) is 18.1 Å². The van der Waals surface area contributed by atoms with Crippen LogP contribution in [0.5, 0.6) is 0 Å². The Balaban J connectivity index is 2.98. The van der Waals surface area contributed by atoms with Crippen LogP contribution in [0.15, 0.2) is 36.6 Å².